The SMILES string of the molecule is C[C@H](C(=O)Nc1cc(F)ccc1F)[NH+]1CCN(c2cccc[nH+]2)CC1. The number of amides is 1. The third-order valence-corrected chi connectivity index (χ3v) is 4.63. The van der Waals surface area contributed by atoms with Crippen molar-refractivity contribution in [1.29, 1.82) is 0 Å². The van der Waals surface area contributed by atoms with Gasteiger partial charge in [-0.3, -0.25) is 9.69 Å². The van der Waals surface area contributed by atoms with Crippen LogP contribution in [0.2, 0.25) is 0 Å². The first-order chi connectivity index (χ1) is 12.0. The molecule has 2 heterocycles. The maximum atomic E-state index is 13.7. The molecule has 1 aliphatic rings. The summed E-state index contributed by atoms with van der Waals surface area (Å²) < 4.78 is 26.9. The molecule has 1 saturated heterocycles. The Morgan fingerprint density at radius 2 is 2.00 bits per heavy atom. The van der Waals surface area contributed by atoms with Gasteiger partial charge in [-0.25, -0.2) is 13.8 Å². The molecule has 132 valence electrons. The Morgan fingerprint density at radius 3 is 2.68 bits per heavy atom. The van der Waals surface area contributed by atoms with Crippen LogP contribution in [0.1, 0.15) is 6.92 Å². The van der Waals surface area contributed by atoms with E-state index in [0.29, 0.717) is 0 Å². The van der Waals surface area contributed by atoms with Gasteiger partial charge in [0.1, 0.15) is 37.8 Å². The second-order valence-electron chi connectivity index (χ2n) is 6.23. The molecule has 25 heavy (non-hydrogen) atoms. The summed E-state index contributed by atoms with van der Waals surface area (Å²) in [4.78, 5) is 19.0. The van der Waals surface area contributed by atoms with Crippen LogP contribution in [-0.2, 0) is 4.79 Å². The molecule has 1 aromatic heterocycles. The lowest BCUT2D eigenvalue weighted by molar-refractivity contribution is -0.914. The number of benzene rings is 1. The highest BCUT2D eigenvalue weighted by Crippen LogP contribution is 2.15. The average Bonchev–Trinajstić information content (AvgIpc) is 2.65. The van der Waals surface area contributed by atoms with Crippen molar-refractivity contribution in [3.8, 4) is 0 Å². The van der Waals surface area contributed by atoms with Crippen molar-refractivity contribution < 1.29 is 23.5 Å². The highest BCUT2D eigenvalue weighted by molar-refractivity contribution is 5.93. The number of hydrogen-bond donors (Lipinski definition) is 2. The van der Waals surface area contributed by atoms with Gasteiger partial charge in [0.05, 0.1) is 11.9 Å². The summed E-state index contributed by atoms with van der Waals surface area (Å²) in [6, 6.07) is 8.63. The van der Waals surface area contributed by atoms with E-state index in [-0.39, 0.29) is 17.6 Å². The minimum absolute atomic E-state index is 0.117. The molecule has 2 aromatic rings. The molecule has 0 spiro atoms. The van der Waals surface area contributed by atoms with Crippen molar-refractivity contribution >= 4 is 17.4 Å². The molecule has 0 bridgehead atoms. The number of halogens is 2. The van der Waals surface area contributed by atoms with E-state index in [1.54, 1.807) is 0 Å². The van der Waals surface area contributed by atoms with Crippen LogP contribution in [0.3, 0.4) is 0 Å². The van der Waals surface area contributed by atoms with Crippen LogP contribution in [0.25, 0.3) is 0 Å². The van der Waals surface area contributed by atoms with E-state index >= 15 is 0 Å². The minimum Gasteiger partial charge on any atom is -0.318 e. The van der Waals surface area contributed by atoms with Gasteiger partial charge in [0.25, 0.3) is 11.7 Å². The molecule has 1 aromatic carbocycles. The van der Waals surface area contributed by atoms with E-state index < -0.39 is 11.6 Å². The van der Waals surface area contributed by atoms with Gasteiger partial charge < -0.3 is 10.2 Å². The molecule has 5 nitrogen and oxygen atoms in total. The topological polar surface area (TPSA) is 50.9 Å². The van der Waals surface area contributed by atoms with Gasteiger partial charge in [0, 0.05) is 12.1 Å². The van der Waals surface area contributed by atoms with Gasteiger partial charge in [0.2, 0.25) is 0 Å². The summed E-state index contributed by atoms with van der Waals surface area (Å²) in [6.45, 7) is 5.04. The molecule has 3 N–H and O–H groups in total. The van der Waals surface area contributed by atoms with Gasteiger partial charge in [-0.05, 0) is 25.1 Å². The lowest BCUT2D eigenvalue weighted by atomic mass is 10.2. The van der Waals surface area contributed by atoms with Gasteiger partial charge in [-0.1, -0.05) is 6.07 Å². The molecule has 1 amide bonds. The van der Waals surface area contributed by atoms with Gasteiger partial charge in [0.15, 0.2) is 6.04 Å². The monoisotopic (exact) mass is 348 g/mol. The fraction of sp³-hybridized carbons (Fsp3) is 0.333. The molecular formula is C18H22F2N4O+2. The smallest absolute Gasteiger partial charge is 0.282 e. The van der Waals surface area contributed by atoms with E-state index in [1.165, 1.54) is 0 Å². The fourth-order valence-electron chi connectivity index (χ4n) is 3.07. The van der Waals surface area contributed by atoms with E-state index in [2.05, 4.69) is 15.2 Å². The quantitative estimate of drug-likeness (QED) is 0.846. The Hall–Kier alpha value is -2.54. The molecule has 0 saturated carbocycles. The molecule has 3 rings (SSSR count). The molecular weight excluding hydrogens is 326 g/mol. The fourth-order valence-corrected chi connectivity index (χ4v) is 3.07. The van der Waals surface area contributed by atoms with E-state index in [4.69, 9.17) is 0 Å². The largest absolute Gasteiger partial charge is 0.318 e. The standard InChI is InChI=1S/C18H20F2N4O/c1-13(18(25)22-16-12-14(19)5-6-15(16)20)23-8-10-24(11-9-23)17-4-2-3-7-21-17/h2-7,12-13H,8-11H2,1H3,(H,22,25)/p+2/t13-/m1/s1. The molecule has 7 heteroatoms. The Kier molecular flexibility index (Phi) is 5.23. The number of quaternary nitrogens is 1. The summed E-state index contributed by atoms with van der Waals surface area (Å²) in [5, 5.41) is 2.50. The summed E-state index contributed by atoms with van der Waals surface area (Å²) >= 11 is 0. The number of pyridine rings is 1. The minimum atomic E-state index is -0.638. The maximum absolute atomic E-state index is 13.7. The maximum Gasteiger partial charge on any atom is 0.282 e. The molecule has 1 fully saturated rings. The lowest BCUT2D eigenvalue weighted by Gasteiger charge is -2.31. The number of anilines is 2. The second kappa shape index (κ2) is 7.57. The highest BCUT2D eigenvalue weighted by Gasteiger charge is 2.32. The first kappa shape index (κ1) is 17.3. The zero-order valence-corrected chi connectivity index (χ0v) is 14.1. The lowest BCUT2D eigenvalue weighted by Crippen LogP contribution is -3.19. The summed E-state index contributed by atoms with van der Waals surface area (Å²) in [5.74, 6) is -0.467. The molecule has 1 atom stereocenters. The van der Waals surface area contributed by atoms with Crippen molar-refractivity contribution in [3.05, 3.63) is 54.2 Å². The van der Waals surface area contributed by atoms with Crippen LogP contribution in [0.5, 0.6) is 0 Å². The van der Waals surface area contributed by atoms with Crippen LogP contribution in [0, 0.1) is 11.6 Å². The van der Waals surface area contributed by atoms with Gasteiger partial charge in [-0.2, -0.15) is 0 Å². The first-order valence-corrected chi connectivity index (χ1v) is 8.37. The van der Waals surface area contributed by atoms with Crippen molar-refractivity contribution in [1.82, 2.24) is 0 Å². The van der Waals surface area contributed by atoms with E-state index in [9.17, 15) is 13.6 Å². The predicted octanol–water partition coefficient (Wildman–Crippen LogP) is 0.511. The average molecular weight is 348 g/mol. The predicted molar refractivity (Wildman–Crippen MR) is 90.4 cm³/mol. The summed E-state index contributed by atoms with van der Waals surface area (Å²) in [7, 11) is 0. The zero-order valence-electron chi connectivity index (χ0n) is 14.1. The van der Waals surface area contributed by atoms with Crippen molar-refractivity contribution in [2.24, 2.45) is 0 Å². The Balaban J connectivity index is 1.57. The number of piperazine rings is 1. The number of H-pyrrole nitrogens is 1. The van der Waals surface area contributed by atoms with Gasteiger partial charge in [-0.15, -0.1) is 0 Å². The van der Waals surface area contributed by atoms with Gasteiger partial charge >= 0.3 is 0 Å². The first-order valence-electron chi connectivity index (χ1n) is 8.37. The summed E-state index contributed by atoms with van der Waals surface area (Å²) in [6.07, 6.45) is 1.89. The Labute approximate surface area is 145 Å². The molecule has 0 radical (unpaired) electrons. The van der Waals surface area contributed by atoms with Crippen LogP contribution >= 0.6 is 0 Å². The molecule has 1 aliphatic heterocycles. The number of carbonyl (C=O) groups excluding carboxylic acids is 1. The highest BCUT2D eigenvalue weighted by atomic mass is 19.1. The van der Waals surface area contributed by atoms with Crippen LogP contribution in [-0.4, -0.2) is 38.1 Å². The number of rotatable bonds is 4. The Bertz CT molecular complexity index is 733. The van der Waals surface area contributed by atoms with Crippen molar-refractivity contribution in [3.63, 3.8) is 0 Å². The third-order valence-electron chi connectivity index (χ3n) is 4.63. The normalized spacial score (nSPS) is 16.5. The van der Waals surface area contributed by atoms with E-state index in [0.717, 1.165) is 55.1 Å². The zero-order chi connectivity index (χ0) is 17.8. The molecule has 0 unspecified atom stereocenters. The van der Waals surface area contributed by atoms with Crippen LogP contribution < -0.4 is 20.1 Å². The number of carbonyl (C=O) groups is 1. The van der Waals surface area contributed by atoms with Crippen LogP contribution in [0.15, 0.2) is 42.6 Å². The van der Waals surface area contributed by atoms with E-state index in [1.807, 2.05) is 31.3 Å². The molecule has 0 aliphatic carbocycles. The van der Waals surface area contributed by atoms with Crippen molar-refractivity contribution in [2.75, 3.05) is 36.4 Å². The summed E-state index contributed by atoms with van der Waals surface area (Å²) in [5.41, 5.74) is -0.117. The second-order valence-corrected chi connectivity index (χ2v) is 6.23. The number of hydrogen-bond acceptors (Lipinski definition) is 2. The number of aromatic amines is 1. The number of nitrogens with zero attached hydrogens (tertiary/aromatic N) is 1. The number of nitrogens with one attached hydrogen (secondary N) is 3. The van der Waals surface area contributed by atoms with Crippen molar-refractivity contribution in [2.45, 2.75) is 13.0 Å². The number of aromatic nitrogens is 1. The Morgan fingerprint density at radius 1 is 1.24 bits per heavy atom. The third kappa shape index (κ3) is 4.11. The van der Waals surface area contributed by atoms with Crippen LogP contribution in [0.4, 0.5) is 20.3 Å².